The maximum absolute atomic E-state index is 10.7. The number of carbonyl (C=O) groups excluding carboxylic acids is 2. The molecular formula is C8H12O3. The lowest BCUT2D eigenvalue weighted by molar-refractivity contribution is -0.151. The fourth-order valence-corrected chi connectivity index (χ4v) is 0.623. The highest BCUT2D eigenvalue weighted by molar-refractivity contribution is 6.33. The predicted molar refractivity (Wildman–Crippen MR) is 41.1 cm³/mol. The van der Waals surface area contributed by atoms with Crippen LogP contribution in [0.4, 0.5) is 0 Å². The fraction of sp³-hybridized carbons (Fsp3) is 0.500. The molecule has 0 amide bonds. The molecule has 0 unspecified atom stereocenters. The molecular weight excluding hydrogens is 144 g/mol. The SMILES string of the molecule is C=CCCCC(=O)C(=O)OC. The van der Waals surface area contributed by atoms with Crippen LogP contribution in [-0.4, -0.2) is 18.9 Å². The average Bonchev–Trinajstić information content (AvgIpc) is 2.03. The van der Waals surface area contributed by atoms with E-state index in [0.717, 1.165) is 6.42 Å². The summed E-state index contributed by atoms with van der Waals surface area (Å²) in [5.41, 5.74) is 0. The van der Waals surface area contributed by atoms with Crippen LogP contribution in [0.25, 0.3) is 0 Å². The van der Waals surface area contributed by atoms with E-state index in [1.54, 1.807) is 6.08 Å². The van der Waals surface area contributed by atoms with Gasteiger partial charge in [0.15, 0.2) is 0 Å². The Kier molecular flexibility index (Phi) is 5.07. The minimum atomic E-state index is -0.755. The number of methoxy groups -OCH3 is 1. The lowest BCUT2D eigenvalue weighted by Gasteiger charge is -1.95. The summed E-state index contributed by atoms with van der Waals surface area (Å²) in [7, 11) is 1.20. The highest BCUT2D eigenvalue weighted by atomic mass is 16.5. The number of hydrogen-bond acceptors (Lipinski definition) is 3. The number of allylic oxidation sites excluding steroid dienone is 1. The molecule has 3 nitrogen and oxygen atoms in total. The summed E-state index contributed by atoms with van der Waals surface area (Å²) in [6.45, 7) is 3.50. The minimum absolute atomic E-state index is 0.249. The van der Waals surface area contributed by atoms with Crippen molar-refractivity contribution in [2.45, 2.75) is 19.3 Å². The topological polar surface area (TPSA) is 43.4 Å². The molecule has 3 heteroatoms. The van der Waals surface area contributed by atoms with E-state index in [0.29, 0.717) is 6.42 Å². The van der Waals surface area contributed by atoms with E-state index >= 15 is 0 Å². The van der Waals surface area contributed by atoms with Crippen LogP contribution in [0.5, 0.6) is 0 Å². The standard InChI is InChI=1S/C8H12O3/c1-3-4-5-6-7(9)8(10)11-2/h3H,1,4-6H2,2H3. The molecule has 0 aliphatic heterocycles. The van der Waals surface area contributed by atoms with Gasteiger partial charge < -0.3 is 4.74 Å². The van der Waals surface area contributed by atoms with E-state index in [4.69, 9.17) is 0 Å². The molecule has 0 fully saturated rings. The molecule has 0 rings (SSSR count). The number of ketones is 1. The molecule has 0 saturated carbocycles. The summed E-state index contributed by atoms with van der Waals surface area (Å²) in [5, 5.41) is 0. The Morgan fingerprint density at radius 2 is 2.18 bits per heavy atom. The monoisotopic (exact) mass is 156 g/mol. The van der Waals surface area contributed by atoms with Crippen molar-refractivity contribution in [2.24, 2.45) is 0 Å². The Morgan fingerprint density at radius 1 is 1.55 bits per heavy atom. The summed E-state index contributed by atoms with van der Waals surface area (Å²) >= 11 is 0. The Labute approximate surface area is 66.0 Å². The van der Waals surface area contributed by atoms with Crippen molar-refractivity contribution in [3.63, 3.8) is 0 Å². The summed E-state index contributed by atoms with van der Waals surface area (Å²) in [4.78, 5) is 21.2. The summed E-state index contributed by atoms with van der Waals surface area (Å²) < 4.78 is 4.23. The zero-order chi connectivity index (χ0) is 8.69. The van der Waals surface area contributed by atoms with Crippen molar-refractivity contribution in [2.75, 3.05) is 7.11 Å². The van der Waals surface area contributed by atoms with Gasteiger partial charge in [-0.15, -0.1) is 6.58 Å². The molecule has 0 radical (unpaired) electrons. The van der Waals surface area contributed by atoms with Crippen LogP contribution >= 0.6 is 0 Å². The summed E-state index contributed by atoms with van der Waals surface area (Å²) in [6, 6.07) is 0. The van der Waals surface area contributed by atoms with Gasteiger partial charge in [0, 0.05) is 6.42 Å². The second kappa shape index (κ2) is 5.65. The van der Waals surface area contributed by atoms with Crippen molar-refractivity contribution in [3.05, 3.63) is 12.7 Å². The van der Waals surface area contributed by atoms with Crippen molar-refractivity contribution in [1.29, 1.82) is 0 Å². The third-order valence-corrected chi connectivity index (χ3v) is 1.23. The van der Waals surface area contributed by atoms with E-state index in [1.807, 2.05) is 0 Å². The Hall–Kier alpha value is -1.12. The van der Waals surface area contributed by atoms with Gasteiger partial charge in [-0.1, -0.05) is 6.08 Å². The molecule has 0 atom stereocenters. The van der Waals surface area contributed by atoms with Crippen LogP contribution in [0, 0.1) is 0 Å². The molecule has 62 valence electrons. The molecule has 0 aromatic rings. The van der Waals surface area contributed by atoms with Crippen molar-refractivity contribution in [1.82, 2.24) is 0 Å². The molecule has 11 heavy (non-hydrogen) atoms. The van der Waals surface area contributed by atoms with Crippen LogP contribution in [0.15, 0.2) is 12.7 Å². The van der Waals surface area contributed by atoms with E-state index < -0.39 is 11.8 Å². The minimum Gasteiger partial charge on any atom is -0.463 e. The third-order valence-electron chi connectivity index (χ3n) is 1.23. The number of rotatable bonds is 5. The first-order valence-corrected chi connectivity index (χ1v) is 3.44. The highest BCUT2D eigenvalue weighted by Crippen LogP contribution is 1.97. The number of Topliss-reactive ketones (excluding diaryl/α,β-unsaturated/α-hetero) is 1. The van der Waals surface area contributed by atoms with Crippen LogP contribution < -0.4 is 0 Å². The first-order chi connectivity index (χ1) is 5.22. The Bertz CT molecular complexity index is 161. The van der Waals surface area contributed by atoms with Crippen molar-refractivity contribution < 1.29 is 14.3 Å². The van der Waals surface area contributed by atoms with Gasteiger partial charge in [0.1, 0.15) is 0 Å². The van der Waals surface area contributed by atoms with Gasteiger partial charge in [0.2, 0.25) is 5.78 Å². The molecule has 0 aliphatic rings. The molecule has 0 N–H and O–H groups in total. The summed E-state index contributed by atoms with van der Waals surface area (Å²) in [5.74, 6) is -1.22. The zero-order valence-electron chi connectivity index (χ0n) is 6.63. The van der Waals surface area contributed by atoms with E-state index in [2.05, 4.69) is 11.3 Å². The highest BCUT2D eigenvalue weighted by Gasteiger charge is 2.11. The maximum Gasteiger partial charge on any atom is 0.374 e. The molecule has 0 aliphatic carbocycles. The first kappa shape index (κ1) is 9.88. The molecule has 0 saturated heterocycles. The Balaban J connectivity index is 3.52. The second-order valence-electron chi connectivity index (χ2n) is 2.10. The number of unbranched alkanes of at least 4 members (excludes halogenated alkanes) is 1. The number of ether oxygens (including phenoxy) is 1. The van der Waals surface area contributed by atoms with Crippen LogP contribution in [0.2, 0.25) is 0 Å². The van der Waals surface area contributed by atoms with Crippen molar-refractivity contribution >= 4 is 11.8 Å². The third kappa shape index (κ3) is 4.31. The lowest BCUT2D eigenvalue weighted by Crippen LogP contribution is -2.14. The molecule has 0 bridgehead atoms. The number of esters is 1. The molecule has 0 aromatic carbocycles. The molecule has 0 aromatic heterocycles. The Morgan fingerprint density at radius 3 is 2.64 bits per heavy atom. The zero-order valence-corrected chi connectivity index (χ0v) is 6.63. The van der Waals surface area contributed by atoms with Crippen molar-refractivity contribution in [3.8, 4) is 0 Å². The van der Waals surface area contributed by atoms with Gasteiger partial charge in [-0.2, -0.15) is 0 Å². The summed E-state index contributed by atoms with van der Waals surface area (Å²) in [6.07, 6.45) is 3.38. The normalized spacial score (nSPS) is 8.82. The molecule has 0 heterocycles. The van der Waals surface area contributed by atoms with Gasteiger partial charge in [-0.3, -0.25) is 4.79 Å². The first-order valence-electron chi connectivity index (χ1n) is 3.44. The molecule has 0 spiro atoms. The largest absolute Gasteiger partial charge is 0.463 e. The number of hydrogen-bond donors (Lipinski definition) is 0. The van der Waals surface area contributed by atoms with E-state index in [9.17, 15) is 9.59 Å². The second-order valence-corrected chi connectivity index (χ2v) is 2.10. The van der Waals surface area contributed by atoms with Gasteiger partial charge in [-0.05, 0) is 12.8 Å². The maximum atomic E-state index is 10.7. The predicted octanol–water partition coefficient (Wildman–Crippen LogP) is 1.08. The van der Waals surface area contributed by atoms with Crippen LogP contribution in [0.1, 0.15) is 19.3 Å². The van der Waals surface area contributed by atoms with E-state index in [1.165, 1.54) is 7.11 Å². The van der Waals surface area contributed by atoms with Crippen LogP contribution in [0.3, 0.4) is 0 Å². The number of carbonyl (C=O) groups is 2. The van der Waals surface area contributed by atoms with Crippen LogP contribution in [-0.2, 0) is 14.3 Å². The quantitative estimate of drug-likeness (QED) is 0.259. The smallest absolute Gasteiger partial charge is 0.374 e. The lowest BCUT2D eigenvalue weighted by atomic mass is 10.2. The van der Waals surface area contributed by atoms with Gasteiger partial charge in [0.25, 0.3) is 0 Å². The average molecular weight is 156 g/mol. The van der Waals surface area contributed by atoms with Gasteiger partial charge >= 0.3 is 5.97 Å². The van der Waals surface area contributed by atoms with Gasteiger partial charge in [-0.25, -0.2) is 4.79 Å². The fourth-order valence-electron chi connectivity index (χ4n) is 0.623. The van der Waals surface area contributed by atoms with Gasteiger partial charge in [0.05, 0.1) is 7.11 Å². The van der Waals surface area contributed by atoms with E-state index in [-0.39, 0.29) is 6.42 Å².